The smallest absolute Gasteiger partial charge is 0.326 e. The van der Waals surface area contributed by atoms with Gasteiger partial charge in [-0.25, -0.2) is 4.79 Å². The van der Waals surface area contributed by atoms with E-state index in [2.05, 4.69) is 16.0 Å². The number of aliphatic carboxylic acids is 2. The zero-order valence-corrected chi connectivity index (χ0v) is 18.4. The Morgan fingerprint density at radius 1 is 0.935 bits per heavy atom. The molecule has 13 heteroatoms. The van der Waals surface area contributed by atoms with Crippen molar-refractivity contribution in [1.29, 1.82) is 0 Å². The van der Waals surface area contributed by atoms with Gasteiger partial charge in [0.05, 0.1) is 12.6 Å². The fraction of sp³-hybridized carbons (Fsp3) is 0.722. The summed E-state index contributed by atoms with van der Waals surface area (Å²) < 4.78 is 0. The monoisotopic (exact) mass is 463 g/mol. The lowest BCUT2D eigenvalue weighted by Gasteiger charge is -2.21. The molecule has 0 aromatic rings. The van der Waals surface area contributed by atoms with Crippen molar-refractivity contribution in [3.63, 3.8) is 0 Å². The molecule has 0 radical (unpaired) electrons. The van der Waals surface area contributed by atoms with Gasteiger partial charge in [-0.15, -0.1) is 0 Å². The predicted molar refractivity (Wildman–Crippen MR) is 115 cm³/mol. The molecule has 3 amide bonds. The van der Waals surface area contributed by atoms with Gasteiger partial charge in [0.25, 0.3) is 0 Å². The van der Waals surface area contributed by atoms with Gasteiger partial charge in [0.15, 0.2) is 0 Å². The van der Waals surface area contributed by atoms with Gasteiger partial charge in [0.1, 0.15) is 12.1 Å². The molecule has 0 saturated heterocycles. The number of rotatable bonds is 17. The quantitative estimate of drug-likeness (QED) is 0.120. The molecule has 0 aromatic heterocycles. The Labute approximate surface area is 185 Å². The van der Waals surface area contributed by atoms with Gasteiger partial charge < -0.3 is 37.6 Å². The molecule has 12 nitrogen and oxygen atoms in total. The van der Waals surface area contributed by atoms with E-state index in [-0.39, 0.29) is 12.8 Å². The number of hydrogen-bond donors (Lipinski definition) is 7. The van der Waals surface area contributed by atoms with E-state index < -0.39 is 60.8 Å². The van der Waals surface area contributed by atoms with Crippen LogP contribution in [0.4, 0.5) is 0 Å². The van der Waals surface area contributed by atoms with Gasteiger partial charge in [-0.1, -0.05) is 0 Å². The van der Waals surface area contributed by atoms with Crippen LogP contribution in [0.15, 0.2) is 0 Å². The maximum absolute atomic E-state index is 12.5. The van der Waals surface area contributed by atoms with Crippen LogP contribution in [0.2, 0.25) is 0 Å². The Balaban J connectivity index is 4.89. The SMILES string of the molecule is CSCCC(N)C(=O)NCC(=O)NC(CCCCN)C(=O)NC(CCC(=O)O)C(=O)O. The number of carboxylic acid groups (broad SMARTS) is 2. The van der Waals surface area contributed by atoms with Crippen molar-refractivity contribution in [1.82, 2.24) is 16.0 Å². The summed E-state index contributed by atoms with van der Waals surface area (Å²) in [6.45, 7) is -0.0174. The predicted octanol–water partition coefficient (Wildman–Crippen LogP) is -1.77. The highest BCUT2D eigenvalue weighted by Gasteiger charge is 2.27. The molecular formula is C18H33N5O7S. The normalized spacial score (nSPS) is 13.5. The molecule has 0 bridgehead atoms. The van der Waals surface area contributed by atoms with Crippen LogP contribution >= 0.6 is 11.8 Å². The molecule has 0 spiro atoms. The molecule has 178 valence electrons. The Morgan fingerprint density at radius 2 is 1.61 bits per heavy atom. The molecule has 0 aliphatic rings. The Bertz CT molecular complexity index is 620. The maximum Gasteiger partial charge on any atom is 0.326 e. The second-order valence-electron chi connectivity index (χ2n) is 6.84. The van der Waals surface area contributed by atoms with Gasteiger partial charge in [0.2, 0.25) is 17.7 Å². The molecule has 0 aromatic carbocycles. The van der Waals surface area contributed by atoms with E-state index in [0.717, 1.165) is 0 Å². The summed E-state index contributed by atoms with van der Waals surface area (Å²) in [5.41, 5.74) is 11.2. The second kappa shape index (κ2) is 16.3. The molecule has 0 saturated carbocycles. The minimum absolute atomic E-state index is 0.196. The van der Waals surface area contributed by atoms with Gasteiger partial charge >= 0.3 is 11.9 Å². The Kier molecular flexibility index (Phi) is 15.1. The molecular weight excluding hydrogens is 430 g/mol. The lowest BCUT2D eigenvalue weighted by Crippen LogP contribution is -2.53. The number of nitrogens with one attached hydrogen (secondary N) is 3. The summed E-state index contributed by atoms with van der Waals surface area (Å²) >= 11 is 1.54. The molecule has 0 heterocycles. The maximum atomic E-state index is 12.5. The van der Waals surface area contributed by atoms with Crippen LogP contribution in [-0.2, 0) is 24.0 Å². The van der Waals surface area contributed by atoms with Crippen LogP contribution in [0, 0.1) is 0 Å². The van der Waals surface area contributed by atoms with E-state index in [4.69, 9.17) is 16.6 Å². The van der Waals surface area contributed by atoms with E-state index in [1.807, 2.05) is 6.26 Å². The second-order valence-corrected chi connectivity index (χ2v) is 7.83. The number of hydrogen-bond acceptors (Lipinski definition) is 8. The molecule has 9 N–H and O–H groups in total. The number of carbonyl (C=O) groups is 5. The summed E-state index contributed by atoms with van der Waals surface area (Å²) in [7, 11) is 0. The van der Waals surface area contributed by atoms with Crippen molar-refractivity contribution in [3.05, 3.63) is 0 Å². The van der Waals surface area contributed by atoms with Crippen molar-refractivity contribution in [3.8, 4) is 0 Å². The van der Waals surface area contributed by atoms with Crippen molar-refractivity contribution < 1.29 is 34.2 Å². The molecule has 3 unspecified atom stereocenters. The first-order chi connectivity index (χ1) is 14.6. The first-order valence-corrected chi connectivity index (χ1v) is 11.3. The summed E-state index contributed by atoms with van der Waals surface area (Å²) in [5.74, 6) is -3.78. The molecule has 3 atom stereocenters. The van der Waals surface area contributed by atoms with E-state index in [0.29, 0.717) is 31.6 Å². The van der Waals surface area contributed by atoms with Crippen LogP contribution < -0.4 is 27.4 Å². The topological polar surface area (TPSA) is 214 Å². The third kappa shape index (κ3) is 13.5. The van der Waals surface area contributed by atoms with E-state index >= 15 is 0 Å². The number of carboxylic acids is 2. The summed E-state index contributed by atoms with van der Waals surface area (Å²) in [5, 5.41) is 25.0. The Hall–Kier alpha value is -2.38. The van der Waals surface area contributed by atoms with Gasteiger partial charge in [-0.2, -0.15) is 11.8 Å². The standard InChI is InChI=1S/C18H33N5O7S/c1-31-9-7-11(20)16(27)21-10-14(24)22-12(4-2-3-8-19)17(28)23-13(18(29)30)5-6-15(25)26/h11-13H,2-10,19-20H2,1H3,(H,21,27)(H,22,24)(H,23,28)(H,25,26)(H,29,30). The van der Waals surface area contributed by atoms with Crippen molar-refractivity contribution in [2.75, 3.05) is 25.1 Å². The zero-order chi connectivity index (χ0) is 23.8. The Morgan fingerprint density at radius 3 is 2.16 bits per heavy atom. The zero-order valence-electron chi connectivity index (χ0n) is 17.6. The van der Waals surface area contributed by atoms with Gasteiger partial charge in [0, 0.05) is 6.42 Å². The van der Waals surface area contributed by atoms with Crippen LogP contribution in [0.5, 0.6) is 0 Å². The third-order valence-corrected chi connectivity index (χ3v) is 4.90. The van der Waals surface area contributed by atoms with Gasteiger partial charge in [-0.05, 0) is 50.7 Å². The average molecular weight is 464 g/mol. The van der Waals surface area contributed by atoms with Crippen LogP contribution in [0.1, 0.15) is 38.5 Å². The number of thioether (sulfide) groups is 1. The molecule has 31 heavy (non-hydrogen) atoms. The van der Waals surface area contributed by atoms with Crippen molar-refractivity contribution >= 4 is 41.4 Å². The minimum atomic E-state index is -1.41. The fourth-order valence-electron chi connectivity index (χ4n) is 2.48. The molecule has 0 aliphatic carbocycles. The largest absolute Gasteiger partial charge is 0.481 e. The lowest BCUT2D eigenvalue weighted by atomic mass is 10.1. The summed E-state index contributed by atoms with van der Waals surface area (Å²) in [4.78, 5) is 58.6. The highest BCUT2D eigenvalue weighted by atomic mass is 32.2. The minimum Gasteiger partial charge on any atom is -0.481 e. The van der Waals surface area contributed by atoms with E-state index in [1.54, 1.807) is 0 Å². The summed E-state index contributed by atoms with van der Waals surface area (Å²) in [6.07, 6.45) is 2.86. The van der Waals surface area contributed by atoms with Crippen LogP contribution in [0.3, 0.4) is 0 Å². The molecule has 0 fully saturated rings. The number of nitrogens with two attached hydrogens (primary N) is 2. The molecule has 0 aliphatic heterocycles. The van der Waals surface area contributed by atoms with Gasteiger partial charge in [-0.3, -0.25) is 19.2 Å². The highest BCUT2D eigenvalue weighted by Crippen LogP contribution is 2.04. The molecule has 0 rings (SSSR count). The van der Waals surface area contributed by atoms with Crippen LogP contribution in [-0.4, -0.2) is 83.1 Å². The first-order valence-electron chi connectivity index (χ1n) is 9.89. The van der Waals surface area contributed by atoms with Crippen molar-refractivity contribution in [2.45, 2.75) is 56.7 Å². The number of carbonyl (C=O) groups excluding carboxylic acids is 3. The third-order valence-electron chi connectivity index (χ3n) is 4.25. The van der Waals surface area contributed by atoms with Crippen LogP contribution in [0.25, 0.3) is 0 Å². The summed E-state index contributed by atoms with van der Waals surface area (Å²) in [6, 6.07) is -3.23. The van der Waals surface area contributed by atoms with E-state index in [9.17, 15) is 29.1 Å². The lowest BCUT2D eigenvalue weighted by molar-refractivity contribution is -0.143. The first kappa shape index (κ1) is 28.6. The van der Waals surface area contributed by atoms with Crippen molar-refractivity contribution in [2.24, 2.45) is 11.5 Å². The van der Waals surface area contributed by atoms with E-state index in [1.165, 1.54) is 11.8 Å². The number of unbranched alkanes of at least 4 members (excludes halogenated alkanes) is 1. The highest BCUT2D eigenvalue weighted by molar-refractivity contribution is 7.98. The fourth-order valence-corrected chi connectivity index (χ4v) is 2.97. The average Bonchev–Trinajstić information content (AvgIpc) is 2.71. The number of amides is 3.